The first-order valence-electron chi connectivity index (χ1n) is 10.9. The molecule has 0 radical (unpaired) electrons. The Morgan fingerprint density at radius 3 is 2.39 bits per heavy atom. The van der Waals surface area contributed by atoms with Gasteiger partial charge >= 0.3 is 0 Å². The Morgan fingerprint density at radius 2 is 1.79 bits per heavy atom. The van der Waals surface area contributed by atoms with Crippen LogP contribution in [-0.4, -0.2) is 50.9 Å². The molecule has 2 heterocycles. The Hall–Kier alpha value is -3.13. The van der Waals surface area contributed by atoms with Crippen molar-refractivity contribution in [3.63, 3.8) is 0 Å². The fourth-order valence-electron chi connectivity index (χ4n) is 4.40. The minimum absolute atomic E-state index is 0.0427. The molecule has 0 spiro atoms. The lowest BCUT2D eigenvalue weighted by molar-refractivity contribution is 0.0648. The number of hydrogen-bond acceptors (Lipinski definition) is 6. The van der Waals surface area contributed by atoms with E-state index in [1.165, 1.54) is 11.0 Å². The van der Waals surface area contributed by atoms with Crippen LogP contribution in [0.5, 0.6) is 0 Å². The second-order valence-electron chi connectivity index (χ2n) is 8.98. The van der Waals surface area contributed by atoms with Crippen LogP contribution in [0, 0.1) is 13.8 Å². The first kappa shape index (κ1) is 23.0. The van der Waals surface area contributed by atoms with Crippen LogP contribution in [0.1, 0.15) is 33.7 Å². The summed E-state index contributed by atoms with van der Waals surface area (Å²) < 4.78 is 30.2. The van der Waals surface area contributed by atoms with E-state index in [0.29, 0.717) is 17.4 Å². The van der Waals surface area contributed by atoms with Gasteiger partial charge in [-0.2, -0.15) is 0 Å². The molecule has 3 aromatic rings. The highest BCUT2D eigenvalue weighted by Crippen LogP contribution is 2.25. The zero-order chi connectivity index (χ0) is 23.9. The minimum Gasteiger partial charge on any atom is -0.451 e. The molecule has 0 bridgehead atoms. The zero-order valence-corrected chi connectivity index (χ0v) is 20.1. The third-order valence-electron chi connectivity index (χ3n) is 6.10. The van der Waals surface area contributed by atoms with E-state index in [4.69, 9.17) is 4.42 Å². The first-order chi connectivity index (χ1) is 15.5. The average Bonchev–Trinajstić information content (AvgIpc) is 3.10. The van der Waals surface area contributed by atoms with E-state index >= 15 is 0 Å². The third-order valence-corrected chi connectivity index (χ3v) is 7.85. The van der Waals surface area contributed by atoms with Crippen molar-refractivity contribution in [1.29, 1.82) is 0 Å². The van der Waals surface area contributed by atoms with Crippen molar-refractivity contribution in [2.45, 2.75) is 32.9 Å². The highest BCUT2D eigenvalue weighted by Gasteiger charge is 2.36. The van der Waals surface area contributed by atoms with Crippen molar-refractivity contribution in [2.75, 3.05) is 30.5 Å². The molecule has 174 valence electrons. The highest BCUT2D eigenvalue weighted by molar-refractivity contribution is 7.91. The van der Waals surface area contributed by atoms with Crippen LogP contribution in [-0.2, 0) is 16.4 Å². The number of anilines is 1. The number of rotatable bonds is 5. The molecule has 1 amide bonds. The molecule has 1 aromatic heterocycles. The first-order valence-corrected chi connectivity index (χ1v) is 12.7. The van der Waals surface area contributed by atoms with E-state index in [-0.39, 0.29) is 29.2 Å². The number of carbonyl (C=O) groups is 1. The number of aryl methyl sites for hydroxylation is 2. The summed E-state index contributed by atoms with van der Waals surface area (Å²) in [6.45, 7) is 3.95. The standard InChI is InChI=1S/C25H28N2O5S/c1-16-11-17(2)24-21(28)13-23(32-22(24)12-16)25(29)27(20-9-10-33(30,31)15-20)14-18-5-7-19(8-6-18)26(3)4/h5-8,11-13,20H,9-10,14-15H2,1-4H3. The van der Waals surface area contributed by atoms with Crippen molar-refractivity contribution in [1.82, 2.24) is 4.90 Å². The highest BCUT2D eigenvalue weighted by atomic mass is 32.2. The van der Waals surface area contributed by atoms with E-state index in [1.807, 2.05) is 63.2 Å². The fraction of sp³-hybridized carbons (Fsp3) is 0.360. The van der Waals surface area contributed by atoms with Crippen molar-refractivity contribution >= 4 is 32.4 Å². The Kier molecular flexibility index (Phi) is 6.05. The van der Waals surface area contributed by atoms with Gasteiger partial charge in [0.2, 0.25) is 0 Å². The number of carbonyl (C=O) groups excluding carboxylic acids is 1. The van der Waals surface area contributed by atoms with Gasteiger partial charge in [-0.3, -0.25) is 9.59 Å². The average molecular weight is 469 g/mol. The van der Waals surface area contributed by atoms with Gasteiger partial charge in [0.25, 0.3) is 5.91 Å². The Morgan fingerprint density at radius 1 is 1.09 bits per heavy atom. The number of sulfone groups is 1. The van der Waals surface area contributed by atoms with Crippen molar-refractivity contribution < 1.29 is 17.6 Å². The van der Waals surface area contributed by atoms with Gasteiger partial charge in [-0.25, -0.2) is 8.42 Å². The molecule has 8 heteroatoms. The van der Waals surface area contributed by atoms with E-state index in [2.05, 4.69) is 0 Å². The van der Waals surface area contributed by atoms with Gasteiger partial charge in [0, 0.05) is 38.4 Å². The maximum absolute atomic E-state index is 13.6. The largest absolute Gasteiger partial charge is 0.451 e. The second-order valence-corrected chi connectivity index (χ2v) is 11.2. The summed E-state index contributed by atoms with van der Waals surface area (Å²) in [6, 6.07) is 12.1. The van der Waals surface area contributed by atoms with Crippen LogP contribution in [0.15, 0.2) is 51.7 Å². The van der Waals surface area contributed by atoms with Gasteiger partial charge < -0.3 is 14.2 Å². The molecule has 1 aliphatic heterocycles. The summed E-state index contributed by atoms with van der Waals surface area (Å²) in [4.78, 5) is 29.9. The molecule has 1 saturated heterocycles. The fourth-order valence-corrected chi connectivity index (χ4v) is 6.13. The van der Waals surface area contributed by atoms with Gasteiger partial charge in [0.05, 0.1) is 16.9 Å². The second kappa shape index (κ2) is 8.67. The quantitative estimate of drug-likeness (QED) is 0.571. The van der Waals surface area contributed by atoms with E-state index in [1.54, 1.807) is 6.07 Å². The third kappa shape index (κ3) is 4.80. The molecular weight excluding hydrogens is 440 g/mol. The van der Waals surface area contributed by atoms with E-state index in [9.17, 15) is 18.0 Å². The lowest BCUT2D eigenvalue weighted by atomic mass is 10.1. The lowest BCUT2D eigenvalue weighted by Crippen LogP contribution is -2.41. The van der Waals surface area contributed by atoms with Gasteiger partial charge in [-0.15, -0.1) is 0 Å². The smallest absolute Gasteiger partial charge is 0.290 e. The molecule has 2 aromatic carbocycles. The van der Waals surface area contributed by atoms with Crippen molar-refractivity contribution in [2.24, 2.45) is 0 Å². The van der Waals surface area contributed by atoms with Gasteiger partial charge in [-0.05, 0) is 55.2 Å². The van der Waals surface area contributed by atoms with Gasteiger partial charge in [-0.1, -0.05) is 18.2 Å². The lowest BCUT2D eigenvalue weighted by Gasteiger charge is -2.28. The summed E-state index contributed by atoms with van der Waals surface area (Å²) in [5.74, 6) is -0.607. The molecule has 1 fully saturated rings. The van der Waals surface area contributed by atoms with Crippen LogP contribution in [0.2, 0.25) is 0 Å². The van der Waals surface area contributed by atoms with Crippen LogP contribution < -0.4 is 10.3 Å². The SMILES string of the molecule is Cc1cc(C)c2c(=O)cc(C(=O)N(Cc3ccc(N(C)C)cc3)C3CCS(=O)(=O)C3)oc2c1. The number of nitrogens with zero attached hydrogens (tertiary/aromatic N) is 2. The normalized spacial score (nSPS) is 17.3. The van der Waals surface area contributed by atoms with Crippen LogP contribution >= 0.6 is 0 Å². The molecule has 7 nitrogen and oxygen atoms in total. The number of amides is 1. The molecule has 0 saturated carbocycles. The molecule has 1 atom stereocenters. The summed E-state index contributed by atoms with van der Waals surface area (Å²) >= 11 is 0. The van der Waals surface area contributed by atoms with Crippen LogP contribution in [0.3, 0.4) is 0 Å². The van der Waals surface area contributed by atoms with E-state index in [0.717, 1.165) is 22.4 Å². The molecule has 4 rings (SSSR count). The summed E-state index contributed by atoms with van der Waals surface area (Å²) in [5.41, 5.74) is 3.67. The van der Waals surface area contributed by atoms with Crippen molar-refractivity contribution in [3.8, 4) is 0 Å². The summed E-state index contributed by atoms with van der Waals surface area (Å²) in [5, 5.41) is 0.450. The molecule has 1 unspecified atom stereocenters. The summed E-state index contributed by atoms with van der Waals surface area (Å²) in [7, 11) is 0.674. The molecule has 0 N–H and O–H groups in total. The number of benzene rings is 2. The Balaban J connectivity index is 1.73. The van der Waals surface area contributed by atoms with Gasteiger partial charge in [0.15, 0.2) is 21.0 Å². The monoisotopic (exact) mass is 468 g/mol. The minimum atomic E-state index is -3.21. The van der Waals surface area contributed by atoms with Crippen LogP contribution in [0.4, 0.5) is 5.69 Å². The Labute approximate surface area is 193 Å². The molecule has 33 heavy (non-hydrogen) atoms. The van der Waals surface area contributed by atoms with Crippen LogP contribution in [0.25, 0.3) is 11.0 Å². The number of hydrogen-bond donors (Lipinski definition) is 0. The number of fused-ring (bicyclic) bond motifs is 1. The molecule has 0 aliphatic carbocycles. The zero-order valence-electron chi connectivity index (χ0n) is 19.3. The van der Waals surface area contributed by atoms with Crippen molar-refractivity contribution in [3.05, 3.63) is 75.1 Å². The predicted octanol–water partition coefficient (Wildman–Crippen LogP) is 3.31. The summed E-state index contributed by atoms with van der Waals surface area (Å²) in [6.07, 6.45) is 0.361. The predicted molar refractivity (Wildman–Crippen MR) is 130 cm³/mol. The van der Waals surface area contributed by atoms with E-state index < -0.39 is 21.8 Å². The molecule has 1 aliphatic rings. The topological polar surface area (TPSA) is 87.9 Å². The maximum Gasteiger partial charge on any atom is 0.290 e. The Bertz CT molecular complexity index is 1370. The van der Waals surface area contributed by atoms with Gasteiger partial charge in [0.1, 0.15) is 5.58 Å². The maximum atomic E-state index is 13.6. The molecular formula is C25H28N2O5S.